The maximum atomic E-state index is 4.42. The zero-order valence-corrected chi connectivity index (χ0v) is 10.1. The number of quaternary nitrogens is 1. The SMILES string of the molecule is Cc1ccccc1N1c2cccnc2[NH2+]C1C. The largest absolute Gasteiger partial charge is 0.284 e. The van der Waals surface area contributed by atoms with E-state index in [1.54, 1.807) is 0 Å². The van der Waals surface area contributed by atoms with Gasteiger partial charge in [0.2, 0.25) is 5.82 Å². The van der Waals surface area contributed by atoms with Crippen molar-refractivity contribution in [3.05, 3.63) is 48.2 Å². The first-order valence-electron chi connectivity index (χ1n) is 5.92. The number of benzene rings is 1. The van der Waals surface area contributed by atoms with Gasteiger partial charge in [-0.25, -0.2) is 4.98 Å². The highest BCUT2D eigenvalue weighted by atomic mass is 15.3. The van der Waals surface area contributed by atoms with Crippen LogP contribution in [0.5, 0.6) is 0 Å². The first-order chi connectivity index (χ1) is 8.27. The maximum Gasteiger partial charge on any atom is 0.250 e. The minimum absolute atomic E-state index is 0.362. The summed E-state index contributed by atoms with van der Waals surface area (Å²) in [5.74, 6) is 1.09. The smallest absolute Gasteiger partial charge is 0.250 e. The molecular formula is C14H16N3+. The average Bonchev–Trinajstić information content (AvgIpc) is 2.66. The Kier molecular flexibility index (Phi) is 2.34. The summed E-state index contributed by atoms with van der Waals surface area (Å²) < 4.78 is 0. The second-order valence-corrected chi connectivity index (χ2v) is 4.47. The Labute approximate surface area is 101 Å². The van der Waals surface area contributed by atoms with Crippen molar-refractivity contribution in [1.82, 2.24) is 4.98 Å². The Bertz CT molecular complexity index is 551. The molecule has 86 valence electrons. The quantitative estimate of drug-likeness (QED) is 0.807. The van der Waals surface area contributed by atoms with E-state index in [2.05, 4.69) is 59.4 Å². The standard InChI is InChI=1S/C14H15N3/c1-10-6-3-4-7-12(10)17-11(2)16-14-13(17)8-5-9-15-14/h3-9,11H,1-2H3,(H,15,16)/p+1. The number of aryl methyl sites for hydroxylation is 1. The molecule has 0 bridgehead atoms. The van der Waals surface area contributed by atoms with Crippen LogP contribution >= 0.6 is 0 Å². The topological polar surface area (TPSA) is 32.7 Å². The van der Waals surface area contributed by atoms with Crippen LogP contribution in [0.1, 0.15) is 12.5 Å². The average molecular weight is 226 g/mol. The van der Waals surface area contributed by atoms with Crippen molar-refractivity contribution >= 4 is 17.2 Å². The van der Waals surface area contributed by atoms with Crippen LogP contribution in [0.15, 0.2) is 42.6 Å². The van der Waals surface area contributed by atoms with Crippen molar-refractivity contribution in [2.24, 2.45) is 0 Å². The van der Waals surface area contributed by atoms with Gasteiger partial charge in [0.15, 0.2) is 6.17 Å². The third kappa shape index (κ3) is 1.59. The summed E-state index contributed by atoms with van der Waals surface area (Å²) in [6, 6.07) is 12.6. The second kappa shape index (κ2) is 3.86. The number of anilines is 2. The molecule has 2 N–H and O–H groups in total. The number of hydrogen-bond donors (Lipinski definition) is 1. The summed E-state index contributed by atoms with van der Waals surface area (Å²) in [5, 5.41) is 2.21. The number of aromatic nitrogens is 1. The van der Waals surface area contributed by atoms with Crippen molar-refractivity contribution in [2.75, 3.05) is 4.90 Å². The highest BCUT2D eigenvalue weighted by Crippen LogP contribution is 2.34. The van der Waals surface area contributed by atoms with Gasteiger partial charge in [0.1, 0.15) is 5.69 Å². The van der Waals surface area contributed by atoms with Crippen LogP contribution in [0.2, 0.25) is 0 Å². The lowest BCUT2D eigenvalue weighted by molar-refractivity contribution is -0.599. The Morgan fingerprint density at radius 2 is 1.88 bits per heavy atom. The Hall–Kier alpha value is -1.87. The molecule has 0 radical (unpaired) electrons. The summed E-state index contributed by atoms with van der Waals surface area (Å²) in [5.41, 5.74) is 3.77. The summed E-state index contributed by atoms with van der Waals surface area (Å²) in [6.45, 7) is 4.35. The molecule has 1 aromatic heterocycles. The van der Waals surface area contributed by atoms with Gasteiger partial charge in [-0.1, -0.05) is 18.2 Å². The molecule has 1 aliphatic rings. The van der Waals surface area contributed by atoms with E-state index in [-0.39, 0.29) is 0 Å². The van der Waals surface area contributed by atoms with Gasteiger partial charge in [0, 0.05) is 18.8 Å². The number of para-hydroxylation sites is 1. The monoisotopic (exact) mass is 226 g/mol. The first-order valence-corrected chi connectivity index (χ1v) is 5.92. The van der Waals surface area contributed by atoms with E-state index in [4.69, 9.17) is 0 Å². The molecule has 2 aromatic rings. The van der Waals surface area contributed by atoms with E-state index in [1.165, 1.54) is 16.9 Å². The number of fused-ring (bicyclic) bond motifs is 1. The van der Waals surface area contributed by atoms with Crippen molar-refractivity contribution in [2.45, 2.75) is 20.0 Å². The molecule has 1 atom stereocenters. The fraction of sp³-hybridized carbons (Fsp3) is 0.214. The lowest BCUT2D eigenvalue weighted by atomic mass is 10.1. The van der Waals surface area contributed by atoms with Crippen molar-refractivity contribution in [1.29, 1.82) is 0 Å². The molecule has 3 rings (SSSR count). The van der Waals surface area contributed by atoms with Crippen LogP contribution in [0.25, 0.3) is 0 Å². The Balaban J connectivity index is 2.13. The molecule has 3 nitrogen and oxygen atoms in total. The summed E-state index contributed by atoms with van der Waals surface area (Å²) in [6.07, 6.45) is 2.21. The van der Waals surface area contributed by atoms with Gasteiger partial charge >= 0.3 is 0 Å². The fourth-order valence-corrected chi connectivity index (χ4v) is 2.45. The van der Waals surface area contributed by atoms with Gasteiger partial charge in [-0.3, -0.25) is 10.2 Å². The highest BCUT2D eigenvalue weighted by molar-refractivity contribution is 5.73. The van der Waals surface area contributed by atoms with E-state index in [0.29, 0.717) is 6.17 Å². The van der Waals surface area contributed by atoms with E-state index >= 15 is 0 Å². The van der Waals surface area contributed by atoms with Crippen LogP contribution in [0.4, 0.5) is 17.2 Å². The molecule has 1 aliphatic heterocycles. The Morgan fingerprint density at radius 3 is 2.71 bits per heavy atom. The predicted octanol–water partition coefficient (Wildman–Crippen LogP) is 2.08. The summed E-state index contributed by atoms with van der Waals surface area (Å²) >= 11 is 0. The fourth-order valence-electron chi connectivity index (χ4n) is 2.45. The first kappa shape index (κ1) is 10.3. The molecule has 0 fully saturated rings. The minimum Gasteiger partial charge on any atom is -0.284 e. The van der Waals surface area contributed by atoms with E-state index in [1.807, 2.05) is 12.3 Å². The van der Waals surface area contributed by atoms with Gasteiger partial charge in [-0.2, -0.15) is 0 Å². The number of nitrogens with zero attached hydrogens (tertiary/aromatic N) is 2. The van der Waals surface area contributed by atoms with Gasteiger partial charge in [0.05, 0.1) is 0 Å². The second-order valence-electron chi connectivity index (χ2n) is 4.47. The van der Waals surface area contributed by atoms with E-state index < -0.39 is 0 Å². The summed E-state index contributed by atoms with van der Waals surface area (Å²) in [4.78, 5) is 6.76. The molecule has 0 spiro atoms. The van der Waals surface area contributed by atoms with Gasteiger partial charge in [0.25, 0.3) is 0 Å². The van der Waals surface area contributed by atoms with Crippen molar-refractivity contribution in [3.63, 3.8) is 0 Å². The molecule has 2 heterocycles. The van der Waals surface area contributed by atoms with Crippen LogP contribution < -0.4 is 10.2 Å². The maximum absolute atomic E-state index is 4.42. The lowest BCUT2D eigenvalue weighted by Crippen LogP contribution is -2.84. The van der Waals surface area contributed by atoms with Crippen molar-refractivity contribution in [3.8, 4) is 0 Å². The zero-order valence-electron chi connectivity index (χ0n) is 10.1. The third-order valence-corrected chi connectivity index (χ3v) is 3.26. The number of hydrogen-bond acceptors (Lipinski definition) is 2. The van der Waals surface area contributed by atoms with Crippen molar-refractivity contribution < 1.29 is 5.32 Å². The molecule has 1 unspecified atom stereocenters. The molecule has 0 amide bonds. The van der Waals surface area contributed by atoms with E-state index in [9.17, 15) is 0 Å². The normalized spacial score (nSPS) is 18.2. The lowest BCUT2D eigenvalue weighted by Gasteiger charge is -2.22. The minimum atomic E-state index is 0.362. The number of nitrogens with two attached hydrogens (primary N) is 1. The molecule has 0 saturated heterocycles. The molecule has 0 aliphatic carbocycles. The third-order valence-electron chi connectivity index (χ3n) is 3.26. The molecule has 17 heavy (non-hydrogen) atoms. The summed E-state index contributed by atoms with van der Waals surface area (Å²) in [7, 11) is 0. The highest BCUT2D eigenvalue weighted by Gasteiger charge is 2.32. The Morgan fingerprint density at radius 1 is 1.12 bits per heavy atom. The molecule has 1 aromatic carbocycles. The van der Waals surface area contributed by atoms with Crippen LogP contribution in [0.3, 0.4) is 0 Å². The molecular weight excluding hydrogens is 210 g/mol. The van der Waals surface area contributed by atoms with Gasteiger partial charge in [-0.05, 0) is 30.7 Å². The van der Waals surface area contributed by atoms with Crippen LogP contribution in [-0.4, -0.2) is 11.1 Å². The van der Waals surface area contributed by atoms with Gasteiger partial charge < -0.3 is 0 Å². The predicted molar refractivity (Wildman–Crippen MR) is 68.6 cm³/mol. The zero-order chi connectivity index (χ0) is 11.8. The molecule has 3 heteroatoms. The number of rotatable bonds is 1. The van der Waals surface area contributed by atoms with Crippen LogP contribution in [0, 0.1) is 6.92 Å². The molecule has 0 saturated carbocycles. The number of pyridine rings is 1. The van der Waals surface area contributed by atoms with Gasteiger partial charge in [-0.15, -0.1) is 0 Å². The van der Waals surface area contributed by atoms with E-state index in [0.717, 1.165) is 5.82 Å². The van der Waals surface area contributed by atoms with Crippen LogP contribution in [-0.2, 0) is 0 Å².